The lowest BCUT2D eigenvalue weighted by Crippen LogP contribution is -2.47. The molecule has 2 heterocycles. The number of aromatic nitrogens is 1. The van der Waals surface area contributed by atoms with Crippen LogP contribution < -0.4 is 15.8 Å². The van der Waals surface area contributed by atoms with Crippen molar-refractivity contribution in [1.29, 1.82) is 0 Å². The first-order chi connectivity index (χ1) is 13.2. The number of ether oxygens (including phenoxy) is 2. The first kappa shape index (κ1) is 19.9. The van der Waals surface area contributed by atoms with Gasteiger partial charge in [-0.05, 0) is 37.3 Å². The Morgan fingerprint density at radius 1 is 1.25 bits per heavy atom. The number of alkyl halides is 3. The summed E-state index contributed by atoms with van der Waals surface area (Å²) in [4.78, 5) is 7.92. The highest BCUT2D eigenvalue weighted by Gasteiger charge is 2.48. The first-order valence-electron chi connectivity index (χ1n) is 8.31. The van der Waals surface area contributed by atoms with E-state index in [0.29, 0.717) is 17.3 Å². The van der Waals surface area contributed by atoms with E-state index in [1.165, 1.54) is 32.4 Å². The summed E-state index contributed by atoms with van der Waals surface area (Å²) in [5.74, 6) is -0.193. The van der Waals surface area contributed by atoms with Crippen molar-refractivity contribution in [2.24, 2.45) is 10.7 Å². The van der Waals surface area contributed by atoms with E-state index in [1.807, 2.05) is 0 Å². The van der Waals surface area contributed by atoms with Crippen molar-refractivity contribution in [2.75, 3.05) is 12.4 Å². The lowest BCUT2D eigenvalue weighted by atomic mass is 10.0. The van der Waals surface area contributed by atoms with Gasteiger partial charge in [0.1, 0.15) is 17.8 Å². The molecule has 3 unspecified atom stereocenters. The number of hydrogen-bond acceptors (Lipinski definition) is 6. The molecule has 3 atom stereocenters. The number of anilines is 2. The Morgan fingerprint density at radius 3 is 2.68 bits per heavy atom. The quantitative estimate of drug-likeness (QED) is 0.768. The fraction of sp³-hybridized carbons (Fsp3) is 0.333. The minimum absolute atomic E-state index is 0.165. The third-order valence-corrected chi connectivity index (χ3v) is 4.20. The molecule has 0 fully saturated rings. The molecule has 28 heavy (non-hydrogen) atoms. The first-order valence-corrected chi connectivity index (χ1v) is 8.31. The molecule has 1 aliphatic rings. The van der Waals surface area contributed by atoms with Crippen LogP contribution in [0.15, 0.2) is 41.5 Å². The second-order valence-corrected chi connectivity index (χ2v) is 6.19. The van der Waals surface area contributed by atoms with Crippen LogP contribution in [0.5, 0.6) is 5.75 Å². The Balaban J connectivity index is 1.94. The summed E-state index contributed by atoms with van der Waals surface area (Å²) < 4.78 is 64.3. The molecule has 0 saturated carbocycles. The molecule has 0 spiro atoms. The molecule has 0 bridgehead atoms. The summed E-state index contributed by atoms with van der Waals surface area (Å²) in [6.45, 7) is 1.24. The van der Waals surface area contributed by atoms with Gasteiger partial charge in [-0.2, -0.15) is 13.2 Å². The number of nitrogens with zero attached hydrogens (tertiary/aromatic N) is 2. The number of amidine groups is 1. The average Bonchev–Trinajstić information content (AvgIpc) is 2.63. The van der Waals surface area contributed by atoms with E-state index < -0.39 is 30.2 Å². The van der Waals surface area contributed by atoms with E-state index in [4.69, 9.17) is 15.2 Å². The Kier molecular flexibility index (Phi) is 5.41. The molecular formula is C18H18F4N4O2. The predicted octanol–water partition coefficient (Wildman–Crippen LogP) is 3.72. The number of aliphatic imine (C=N–C) groups is 1. The summed E-state index contributed by atoms with van der Waals surface area (Å²) >= 11 is 0. The van der Waals surface area contributed by atoms with Gasteiger partial charge in [-0.25, -0.2) is 9.37 Å². The van der Waals surface area contributed by atoms with Gasteiger partial charge in [0, 0.05) is 17.4 Å². The molecule has 1 aromatic carbocycles. The van der Waals surface area contributed by atoms with Crippen molar-refractivity contribution in [3.05, 3.63) is 47.9 Å². The number of methoxy groups -OCH3 is 1. The maximum atomic E-state index is 14.4. The molecule has 1 aliphatic heterocycles. The van der Waals surface area contributed by atoms with Crippen molar-refractivity contribution in [1.82, 2.24) is 4.98 Å². The van der Waals surface area contributed by atoms with Crippen LogP contribution in [0, 0.1) is 5.82 Å². The Morgan fingerprint density at radius 2 is 2.00 bits per heavy atom. The number of halogens is 4. The molecular weight excluding hydrogens is 380 g/mol. The summed E-state index contributed by atoms with van der Waals surface area (Å²) in [6, 6.07) is 5.94. The molecule has 150 valence electrons. The molecule has 0 radical (unpaired) electrons. The summed E-state index contributed by atoms with van der Waals surface area (Å²) in [5, 5.41) is 2.93. The minimum Gasteiger partial charge on any atom is -0.493 e. The van der Waals surface area contributed by atoms with Gasteiger partial charge in [-0.3, -0.25) is 4.99 Å². The Labute approximate surface area is 158 Å². The van der Waals surface area contributed by atoms with Gasteiger partial charge in [0.25, 0.3) is 0 Å². The normalized spacial score (nSPS) is 22.5. The Hall–Kier alpha value is -2.88. The highest BCUT2D eigenvalue weighted by molar-refractivity contribution is 5.87. The van der Waals surface area contributed by atoms with Crippen LogP contribution in [-0.2, 0) is 4.74 Å². The van der Waals surface area contributed by atoms with Gasteiger partial charge in [0.15, 0.2) is 17.7 Å². The zero-order valence-electron chi connectivity index (χ0n) is 15.0. The number of nitrogens with two attached hydrogens (primary N) is 1. The number of hydrogen-bond donors (Lipinski definition) is 2. The van der Waals surface area contributed by atoms with Gasteiger partial charge in [-0.15, -0.1) is 0 Å². The van der Waals surface area contributed by atoms with Crippen LogP contribution in [0.25, 0.3) is 0 Å². The van der Waals surface area contributed by atoms with Crippen molar-refractivity contribution >= 4 is 17.3 Å². The van der Waals surface area contributed by atoms with E-state index in [9.17, 15) is 17.6 Å². The molecule has 0 aliphatic carbocycles. The molecule has 2 aromatic rings. The largest absolute Gasteiger partial charge is 0.493 e. The number of benzene rings is 1. The smallest absolute Gasteiger partial charge is 0.416 e. The lowest BCUT2D eigenvalue weighted by Gasteiger charge is -2.33. The van der Waals surface area contributed by atoms with Crippen LogP contribution in [0.4, 0.5) is 29.1 Å². The monoisotopic (exact) mass is 398 g/mol. The van der Waals surface area contributed by atoms with E-state index >= 15 is 0 Å². The van der Waals surface area contributed by atoms with Crippen LogP contribution >= 0.6 is 0 Å². The Bertz CT molecular complexity index is 888. The summed E-state index contributed by atoms with van der Waals surface area (Å²) in [6.07, 6.45) is -6.78. The molecule has 10 heteroatoms. The highest BCUT2D eigenvalue weighted by Crippen LogP contribution is 2.36. The summed E-state index contributed by atoms with van der Waals surface area (Å²) in [5.41, 5.74) is 5.97. The zero-order chi connectivity index (χ0) is 20.5. The van der Waals surface area contributed by atoms with Gasteiger partial charge < -0.3 is 20.5 Å². The van der Waals surface area contributed by atoms with Crippen LogP contribution in [0.3, 0.4) is 0 Å². The fourth-order valence-corrected chi connectivity index (χ4v) is 2.89. The predicted molar refractivity (Wildman–Crippen MR) is 95.2 cm³/mol. The topological polar surface area (TPSA) is 81.8 Å². The van der Waals surface area contributed by atoms with Crippen LogP contribution in [-0.4, -0.2) is 36.3 Å². The number of pyridine rings is 1. The van der Waals surface area contributed by atoms with Crippen molar-refractivity contribution in [3.8, 4) is 5.75 Å². The number of rotatable bonds is 4. The second-order valence-electron chi connectivity index (χ2n) is 6.19. The lowest BCUT2D eigenvalue weighted by molar-refractivity contribution is -0.235. The van der Waals surface area contributed by atoms with Gasteiger partial charge in [0.05, 0.1) is 13.2 Å². The van der Waals surface area contributed by atoms with E-state index in [-0.39, 0.29) is 11.4 Å². The van der Waals surface area contributed by atoms with Crippen molar-refractivity contribution in [2.45, 2.75) is 31.3 Å². The van der Waals surface area contributed by atoms with Gasteiger partial charge in [0.2, 0.25) is 0 Å². The van der Waals surface area contributed by atoms with Crippen LogP contribution in [0.1, 0.15) is 18.6 Å². The van der Waals surface area contributed by atoms with E-state index in [0.717, 1.165) is 6.07 Å². The molecule has 0 amide bonds. The maximum Gasteiger partial charge on any atom is 0.416 e. The van der Waals surface area contributed by atoms with Gasteiger partial charge in [-0.1, -0.05) is 0 Å². The SMILES string of the molecule is COc1cccnc1Nc1ccc(F)c(C2OC(C(F)(F)F)C(C)N=C2N)c1. The third kappa shape index (κ3) is 4.01. The second kappa shape index (κ2) is 7.63. The van der Waals surface area contributed by atoms with E-state index in [1.54, 1.807) is 12.1 Å². The average molecular weight is 398 g/mol. The molecule has 1 aromatic heterocycles. The van der Waals surface area contributed by atoms with Crippen LogP contribution in [0.2, 0.25) is 0 Å². The maximum absolute atomic E-state index is 14.4. The molecule has 3 rings (SSSR count). The van der Waals surface area contributed by atoms with Gasteiger partial charge >= 0.3 is 6.18 Å². The third-order valence-electron chi connectivity index (χ3n) is 4.20. The molecule has 6 nitrogen and oxygen atoms in total. The highest BCUT2D eigenvalue weighted by atomic mass is 19.4. The zero-order valence-corrected chi connectivity index (χ0v) is 15.0. The molecule has 3 N–H and O–H groups in total. The fourth-order valence-electron chi connectivity index (χ4n) is 2.89. The minimum atomic E-state index is -4.66. The van der Waals surface area contributed by atoms with E-state index in [2.05, 4.69) is 15.3 Å². The van der Waals surface area contributed by atoms with Crippen molar-refractivity contribution in [3.63, 3.8) is 0 Å². The standard InChI is InChI=1S/C18H18F4N4O2/c1-9-15(18(20,21)22)28-14(16(23)25-9)11-8-10(5-6-12(11)19)26-17-13(27-2)4-3-7-24-17/h3-9,14-15H,1-2H3,(H2,23,25)(H,24,26). The molecule has 0 saturated heterocycles. The summed E-state index contributed by atoms with van der Waals surface area (Å²) in [7, 11) is 1.46. The van der Waals surface area contributed by atoms with Crippen molar-refractivity contribution < 1.29 is 27.0 Å². The number of nitrogens with one attached hydrogen (secondary N) is 1.